The predicted octanol–water partition coefficient (Wildman–Crippen LogP) is 15.1. The highest BCUT2D eigenvalue weighted by Gasteiger charge is 2.53. The molecular formula is C62H42N2. The van der Waals surface area contributed by atoms with Crippen LogP contribution in [0.15, 0.2) is 218 Å². The standard InChI is InChI=1S/C62H42N2/c1-61(2)52-28-14-16-30-54(52)62(55-31-17-15-29-53(55)61)51-38-37-46(41-33-35-43(36-34-41)48-26-13-12-25-47(48)42-19-6-3-7-20-42)39-50(51)59-49(27-18-32-56(59)62)58-40-57(44-21-8-4-9-22-44)63-60(64-58)45-23-10-5-11-24-45/h4-6,8-40H,1-2H3. The van der Waals surface area contributed by atoms with E-state index in [1.807, 2.05) is 18.2 Å². The number of benzene rings is 8. The summed E-state index contributed by atoms with van der Waals surface area (Å²) in [6.45, 7) is 4.76. The lowest BCUT2D eigenvalue weighted by atomic mass is 9.55. The van der Waals surface area contributed by atoms with E-state index in [0.717, 1.165) is 39.2 Å². The van der Waals surface area contributed by atoms with Crippen LogP contribution < -0.4 is 0 Å². The van der Waals surface area contributed by atoms with Crippen molar-refractivity contribution >= 4 is 0 Å². The number of fused-ring (bicyclic) bond motifs is 9. The van der Waals surface area contributed by atoms with Gasteiger partial charge in [-0.3, -0.25) is 0 Å². The van der Waals surface area contributed by atoms with Gasteiger partial charge in [0.25, 0.3) is 0 Å². The van der Waals surface area contributed by atoms with Crippen LogP contribution in [-0.2, 0) is 10.8 Å². The fourth-order valence-corrected chi connectivity index (χ4v) is 10.8. The normalized spacial score (nSPS) is 13.6. The molecule has 2 aliphatic rings. The predicted molar refractivity (Wildman–Crippen MR) is 262 cm³/mol. The maximum absolute atomic E-state index is 5.43. The fourth-order valence-electron chi connectivity index (χ4n) is 10.8. The van der Waals surface area contributed by atoms with Crippen LogP contribution in [0.2, 0.25) is 0 Å². The molecule has 2 heteroatoms. The Balaban J connectivity index is 1.10. The molecule has 10 aromatic rings. The first kappa shape index (κ1) is 37.6. The molecule has 0 bridgehead atoms. The molecule has 0 saturated carbocycles. The molecule has 64 heavy (non-hydrogen) atoms. The van der Waals surface area contributed by atoms with E-state index in [2.05, 4.69) is 226 Å². The Morgan fingerprint density at radius 1 is 0.344 bits per heavy atom. The summed E-state index contributed by atoms with van der Waals surface area (Å²) in [4.78, 5) is 10.6. The minimum Gasteiger partial charge on any atom is -0.228 e. The van der Waals surface area contributed by atoms with Crippen molar-refractivity contribution in [2.24, 2.45) is 0 Å². The van der Waals surface area contributed by atoms with Gasteiger partial charge in [-0.25, -0.2) is 9.97 Å². The molecule has 0 unspecified atom stereocenters. The van der Waals surface area contributed by atoms with Crippen LogP contribution in [0.1, 0.15) is 47.2 Å². The number of nitrogens with zero attached hydrogens (tertiary/aromatic N) is 2. The van der Waals surface area contributed by atoms with Gasteiger partial charge in [0, 0.05) is 22.1 Å². The van der Waals surface area contributed by atoms with E-state index in [1.165, 1.54) is 66.8 Å². The first-order chi connectivity index (χ1) is 31.5. The van der Waals surface area contributed by atoms with Gasteiger partial charge in [0.05, 0.1) is 16.8 Å². The zero-order chi connectivity index (χ0) is 42.8. The smallest absolute Gasteiger partial charge is 0.160 e. The van der Waals surface area contributed by atoms with E-state index < -0.39 is 5.41 Å². The van der Waals surface area contributed by atoms with Crippen LogP contribution >= 0.6 is 0 Å². The summed E-state index contributed by atoms with van der Waals surface area (Å²) in [6, 6.07) is 85.2. The molecule has 0 radical (unpaired) electrons. The maximum Gasteiger partial charge on any atom is 0.160 e. The molecule has 0 aliphatic heterocycles. The van der Waals surface area contributed by atoms with Crippen LogP contribution in [0.4, 0.5) is 0 Å². The lowest BCUT2D eigenvalue weighted by Crippen LogP contribution is -2.40. The van der Waals surface area contributed by atoms with Crippen molar-refractivity contribution in [3.05, 3.63) is 264 Å². The zero-order valence-corrected chi connectivity index (χ0v) is 35.7. The second kappa shape index (κ2) is 14.8. The molecule has 0 amide bonds. The van der Waals surface area contributed by atoms with Crippen molar-refractivity contribution < 1.29 is 0 Å². The molecule has 1 aromatic heterocycles. The number of aromatic nitrogens is 2. The van der Waals surface area contributed by atoms with Crippen molar-refractivity contribution in [3.8, 4) is 78.4 Å². The highest BCUT2D eigenvalue weighted by Crippen LogP contribution is 2.63. The Morgan fingerprint density at radius 3 is 1.56 bits per heavy atom. The van der Waals surface area contributed by atoms with E-state index in [4.69, 9.17) is 9.97 Å². The molecule has 0 atom stereocenters. The van der Waals surface area contributed by atoms with E-state index in [0.29, 0.717) is 5.82 Å². The van der Waals surface area contributed by atoms with E-state index >= 15 is 0 Å². The van der Waals surface area contributed by atoms with E-state index in [-0.39, 0.29) is 5.41 Å². The van der Waals surface area contributed by atoms with Gasteiger partial charge in [-0.1, -0.05) is 214 Å². The van der Waals surface area contributed by atoms with Crippen molar-refractivity contribution in [3.63, 3.8) is 0 Å². The maximum atomic E-state index is 5.43. The minimum absolute atomic E-state index is 0.196. The van der Waals surface area contributed by atoms with Crippen LogP contribution in [0.25, 0.3) is 78.4 Å². The van der Waals surface area contributed by atoms with Gasteiger partial charge in [0.2, 0.25) is 0 Å². The molecule has 1 heterocycles. The van der Waals surface area contributed by atoms with Gasteiger partial charge >= 0.3 is 0 Å². The second-order valence-electron chi connectivity index (χ2n) is 17.5. The monoisotopic (exact) mass is 814 g/mol. The van der Waals surface area contributed by atoms with Gasteiger partial charge in [-0.2, -0.15) is 0 Å². The third-order valence-electron chi connectivity index (χ3n) is 13.7. The molecule has 0 fully saturated rings. The Morgan fingerprint density at radius 2 is 0.891 bits per heavy atom. The third-order valence-corrected chi connectivity index (χ3v) is 13.7. The zero-order valence-electron chi connectivity index (χ0n) is 35.7. The molecule has 2 aliphatic carbocycles. The number of hydrogen-bond acceptors (Lipinski definition) is 2. The van der Waals surface area contributed by atoms with Gasteiger partial charge in [-0.15, -0.1) is 0 Å². The SMILES string of the molecule is CC1(C)c2ccccc2C2(c3ccc(-c4ccc(-c5ccccc5-c5cc#ccc5)cc4)cc3-c3c(-c4cc(-c5ccccc5)nc(-c5ccccc5)n4)cccc32)c2ccccc21. The van der Waals surface area contributed by atoms with Crippen molar-refractivity contribution in [2.45, 2.75) is 24.7 Å². The van der Waals surface area contributed by atoms with Gasteiger partial charge in [0.1, 0.15) is 0 Å². The Bertz CT molecular complexity index is 3280. The lowest BCUT2D eigenvalue weighted by Gasteiger charge is -2.46. The van der Waals surface area contributed by atoms with Crippen LogP contribution in [0, 0.1) is 12.1 Å². The molecule has 0 saturated heterocycles. The molecule has 1 spiro atoms. The number of rotatable bonds is 6. The largest absolute Gasteiger partial charge is 0.228 e. The number of hydrogen-bond donors (Lipinski definition) is 0. The summed E-state index contributed by atoms with van der Waals surface area (Å²) in [6.07, 6.45) is 0. The first-order valence-corrected chi connectivity index (χ1v) is 22.1. The molecular weight excluding hydrogens is 773 g/mol. The first-order valence-electron chi connectivity index (χ1n) is 22.1. The van der Waals surface area contributed by atoms with E-state index in [1.54, 1.807) is 0 Å². The molecule has 2 nitrogen and oxygen atoms in total. The van der Waals surface area contributed by atoms with Gasteiger partial charge in [0.15, 0.2) is 5.82 Å². The molecule has 9 aromatic carbocycles. The average molecular weight is 815 g/mol. The quantitative estimate of drug-likeness (QED) is 0.167. The minimum atomic E-state index is -0.556. The van der Waals surface area contributed by atoms with Crippen LogP contribution in [0.5, 0.6) is 0 Å². The fraction of sp³-hybridized carbons (Fsp3) is 0.0645. The lowest BCUT2D eigenvalue weighted by molar-refractivity contribution is 0.563. The van der Waals surface area contributed by atoms with Crippen molar-refractivity contribution in [1.82, 2.24) is 9.97 Å². The van der Waals surface area contributed by atoms with Crippen LogP contribution in [-0.4, -0.2) is 9.97 Å². The van der Waals surface area contributed by atoms with Crippen molar-refractivity contribution in [1.29, 1.82) is 0 Å². The molecule has 0 N–H and O–H groups in total. The Hall–Kier alpha value is -8.12. The molecule has 12 rings (SSSR count). The highest BCUT2D eigenvalue weighted by molar-refractivity contribution is 5.98. The summed E-state index contributed by atoms with van der Waals surface area (Å²) in [7, 11) is 0. The van der Waals surface area contributed by atoms with Gasteiger partial charge < -0.3 is 0 Å². The Labute approximate surface area is 375 Å². The summed E-state index contributed by atoms with van der Waals surface area (Å²) in [5.41, 5.74) is 21.5. The third kappa shape index (κ3) is 5.75. The summed E-state index contributed by atoms with van der Waals surface area (Å²) >= 11 is 0. The van der Waals surface area contributed by atoms with E-state index in [9.17, 15) is 0 Å². The average Bonchev–Trinajstić information content (AvgIpc) is 3.67. The molecule has 300 valence electrons. The Kier molecular flexibility index (Phi) is 8.68. The van der Waals surface area contributed by atoms with Gasteiger partial charge in [-0.05, 0) is 108 Å². The summed E-state index contributed by atoms with van der Waals surface area (Å²) < 4.78 is 0. The topological polar surface area (TPSA) is 25.8 Å². The second-order valence-corrected chi connectivity index (χ2v) is 17.5. The van der Waals surface area contributed by atoms with Crippen LogP contribution in [0.3, 0.4) is 0 Å². The summed E-state index contributed by atoms with van der Waals surface area (Å²) in [5, 5.41) is 0. The summed E-state index contributed by atoms with van der Waals surface area (Å²) in [5.74, 6) is 0.705. The highest BCUT2D eigenvalue weighted by atomic mass is 14.9. The van der Waals surface area contributed by atoms with Crippen molar-refractivity contribution in [2.75, 3.05) is 0 Å².